The third-order valence-electron chi connectivity index (χ3n) is 12.5. The summed E-state index contributed by atoms with van der Waals surface area (Å²) in [6.45, 7) is 0. The Kier molecular flexibility index (Phi) is 6.34. The van der Waals surface area contributed by atoms with Gasteiger partial charge in [-0.05, 0) is 181 Å². The number of nitriles is 2. The lowest BCUT2D eigenvalue weighted by Crippen LogP contribution is -1.95. The standard InChI is InChI=1S/C54H30N2/c55-29-31-17-21-33(22-18-31)49-47-28-44-43(41-15-7-13-39-38-12-6-5-10-35(38)25-45(44)51(39)41)27-46(47)50(34-23-19-32(30-56)20-24-34)54-48-26-36-9-3-1-2-4-11-37(36)40-14-8-16-42(52(40)48)53(49)54/h1-8,10,12-28H,9,11H2/b3-1-,4-2?. The van der Waals surface area contributed by atoms with Crippen LogP contribution in [0.3, 0.4) is 0 Å². The van der Waals surface area contributed by atoms with Crippen molar-refractivity contribution in [3.63, 3.8) is 0 Å². The lowest BCUT2D eigenvalue weighted by atomic mass is 9.85. The summed E-state index contributed by atoms with van der Waals surface area (Å²) in [6, 6.07) is 53.1. The fraction of sp³-hybridized carbons (Fsp3) is 0.0370. The van der Waals surface area contributed by atoms with Gasteiger partial charge in [-0.1, -0.05) is 109 Å². The maximum Gasteiger partial charge on any atom is 0.0991 e. The van der Waals surface area contributed by atoms with Gasteiger partial charge < -0.3 is 0 Å². The van der Waals surface area contributed by atoms with Crippen molar-refractivity contribution < 1.29 is 0 Å². The highest BCUT2D eigenvalue weighted by Crippen LogP contribution is 2.54. The molecule has 1 aliphatic carbocycles. The summed E-state index contributed by atoms with van der Waals surface area (Å²) in [5, 5.41) is 39.7. The van der Waals surface area contributed by atoms with Crippen LogP contribution in [-0.4, -0.2) is 0 Å². The second-order valence-electron chi connectivity index (χ2n) is 15.2. The molecule has 1 aliphatic rings. The van der Waals surface area contributed by atoms with Gasteiger partial charge in [0.2, 0.25) is 0 Å². The van der Waals surface area contributed by atoms with Gasteiger partial charge in [-0.2, -0.15) is 10.5 Å². The molecule has 256 valence electrons. The summed E-state index contributed by atoms with van der Waals surface area (Å²) in [5.74, 6) is 0. The second kappa shape index (κ2) is 11.5. The molecule has 0 amide bonds. The molecule has 0 unspecified atom stereocenters. The monoisotopic (exact) mass is 706 g/mol. The average Bonchev–Trinajstić information content (AvgIpc) is 3.73. The Labute approximate surface area is 322 Å². The molecular formula is C54H30N2. The maximum atomic E-state index is 9.85. The predicted octanol–water partition coefficient (Wildman–Crippen LogP) is 14.1. The van der Waals surface area contributed by atoms with Gasteiger partial charge in [0.15, 0.2) is 0 Å². The minimum absolute atomic E-state index is 0.644. The third-order valence-corrected chi connectivity index (χ3v) is 12.5. The molecule has 0 saturated carbocycles. The lowest BCUT2D eigenvalue weighted by molar-refractivity contribution is 1.16. The molecule has 0 aliphatic heterocycles. The van der Waals surface area contributed by atoms with E-state index in [1.54, 1.807) is 0 Å². The normalized spacial score (nSPS) is 13.6. The van der Waals surface area contributed by atoms with Gasteiger partial charge in [-0.15, -0.1) is 0 Å². The van der Waals surface area contributed by atoms with Crippen LogP contribution < -0.4 is 0 Å². The average molecular weight is 707 g/mol. The SMILES string of the molecule is N#Cc1ccc(-c2c3cc4c(cc3c(-c3ccc(C#N)cc3)c3c5cc6c(c7cccc(c23)c75)CC=C/C=C\C6)c2cccc3c5ccccc5cc4c32)cc1. The molecule has 0 radical (unpaired) electrons. The van der Waals surface area contributed by atoms with Crippen molar-refractivity contribution in [3.8, 4) is 34.4 Å². The summed E-state index contributed by atoms with van der Waals surface area (Å²) < 4.78 is 0. The van der Waals surface area contributed by atoms with Gasteiger partial charge in [0.05, 0.1) is 23.3 Å². The Balaban J connectivity index is 1.36. The molecule has 2 heteroatoms. The van der Waals surface area contributed by atoms with Gasteiger partial charge in [0.1, 0.15) is 0 Å². The van der Waals surface area contributed by atoms with Crippen LogP contribution in [-0.2, 0) is 12.8 Å². The highest BCUT2D eigenvalue weighted by molar-refractivity contribution is 6.42. The Bertz CT molecular complexity index is 3630. The van der Waals surface area contributed by atoms with Crippen LogP contribution in [0.4, 0.5) is 0 Å². The van der Waals surface area contributed by atoms with Crippen molar-refractivity contribution in [2.75, 3.05) is 0 Å². The van der Waals surface area contributed by atoms with E-state index in [-0.39, 0.29) is 0 Å². The predicted molar refractivity (Wildman–Crippen MR) is 235 cm³/mol. The zero-order valence-corrected chi connectivity index (χ0v) is 30.3. The van der Waals surface area contributed by atoms with Crippen LogP contribution in [0.2, 0.25) is 0 Å². The molecule has 0 bridgehead atoms. The van der Waals surface area contributed by atoms with Crippen LogP contribution in [0.15, 0.2) is 158 Å². The Hall–Kier alpha value is -7.52. The minimum atomic E-state index is 0.644. The highest BCUT2D eigenvalue weighted by Gasteiger charge is 2.26. The Morgan fingerprint density at radius 2 is 0.911 bits per heavy atom. The number of hydrogen-bond acceptors (Lipinski definition) is 2. The maximum absolute atomic E-state index is 9.85. The molecular weight excluding hydrogens is 677 g/mol. The summed E-state index contributed by atoms with van der Waals surface area (Å²) >= 11 is 0. The van der Waals surface area contributed by atoms with E-state index >= 15 is 0 Å². The van der Waals surface area contributed by atoms with Crippen LogP contribution in [0.25, 0.3) is 108 Å². The molecule has 11 aromatic carbocycles. The van der Waals surface area contributed by atoms with Crippen molar-refractivity contribution in [2.24, 2.45) is 0 Å². The van der Waals surface area contributed by atoms with Gasteiger partial charge >= 0.3 is 0 Å². The van der Waals surface area contributed by atoms with Crippen molar-refractivity contribution in [1.29, 1.82) is 10.5 Å². The van der Waals surface area contributed by atoms with E-state index in [9.17, 15) is 10.5 Å². The van der Waals surface area contributed by atoms with E-state index in [2.05, 4.69) is 146 Å². The zero-order chi connectivity index (χ0) is 37.1. The van der Waals surface area contributed by atoms with E-state index in [1.807, 2.05) is 24.3 Å². The fourth-order valence-corrected chi connectivity index (χ4v) is 10.1. The van der Waals surface area contributed by atoms with E-state index in [0.29, 0.717) is 11.1 Å². The summed E-state index contributed by atoms with van der Waals surface area (Å²) in [7, 11) is 0. The molecule has 12 rings (SSSR count). The first-order valence-electron chi connectivity index (χ1n) is 19.2. The zero-order valence-electron chi connectivity index (χ0n) is 30.3. The topological polar surface area (TPSA) is 47.6 Å². The van der Waals surface area contributed by atoms with Crippen LogP contribution >= 0.6 is 0 Å². The van der Waals surface area contributed by atoms with Gasteiger partial charge in [0.25, 0.3) is 0 Å². The molecule has 56 heavy (non-hydrogen) atoms. The van der Waals surface area contributed by atoms with E-state index in [0.717, 1.165) is 24.0 Å². The summed E-state index contributed by atoms with van der Waals surface area (Å²) in [4.78, 5) is 0. The largest absolute Gasteiger partial charge is 0.192 e. The number of benzene rings is 9. The van der Waals surface area contributed by atoms with Crippen molar-refractivity contribution in [3.05, 3.63) is 180 Å². The lowest BCUT2D eigenvalue weighted by Gasteiger charge is -2.18. The fourth-order valence-electron chi connectivity index (χ4n) is 10.1. The molecule has 11 aromatic rings. The number of rotatable bonds is 2. The first kappa shape index (κ1) is 30.9. The van der Waals surface area contributed by atoms with Gasteiger partial charge in [-0.3, -0.25) is 0 Å². The first-order valence-corrected chi connectivity index (χ1v) is 19.2. The number of nitrogens with zero attached hydrogens (tertiary/aromatic N) is 2. The molecule has 2 nitrogen and oxygen atoms in total. The molecule has 0 N–H and O–H groups in total. The van der Waals surface area contributed by atoms with Crippen molar-refractivity contribution >= 4 is 86.2 Å². The minimum Gasteiger partial charge on any atom is -0.192 e. The summed E-state index contributed by atoms with van der Waals surface area (Å²) in [6.07, 6.45) is 10.6. The van der Waals surface area contributed by atoms with Gasteiger partial charge in [0, 0.05) is 0 Å². The van der Waals surface area contributed by atoms with Crippen molar-refractivity contribution in [1.82, 2.24) is 0 Å². The van der Waals surface area contributed by atoms with Crippen LogP contribution in [0.1, 0.15) is 22.3 Å². The van der Waals surface area contributed by atoms with Gasteiger partial charge in [-0.25, -0.2) is 0 Å². The quantitative estimate of drug-likeness (QED) is 0.168. The number of hydrogen-bond donors (Lipinski definition) is 0. The molecule has 0 fully saturated rings. The summed E-state index contributed by atoms with van der Waals surface area (Å²) in [5.41, 5.74) is 8.58. The Morgan fingerprint density at radius 1 is 0.375 bits per heavy atom. The molecule has 0 saturated heterocycles. The second-order valence-corrected chi connectivity index (χ2v) is 15.2. The number of fused-ring (bicyclic) bond motifs is 11. The van der Waals surface area contributed by atoms with E-state index < -0.39 is 0 Å². The third kappa shape index (κ3) is 4.14. The number of allylic oxidation sites excluding steroid dienone is 4. The van der Waals surface area contributed by atoms with Crippen molar-refractivity contribution in [2.45, 2.75) is 12.8 Å². The van der Waals surface area contributed by atoms with Crippen LogP contribution in [0.5, 0.6) is 0 Å². The van der Waals surface area contributed by atoms with E-state index in [4.69, 9.17) is 0 Å². The molecule has 0 atom stereocenters. The molecule has 0 heterocycles. The first-order chi connectivity index (χ1) is 27.7. The van der Waals surface area contributed by atoms with Crippen LogP contribution in [0, 0.1) is 22.7 Å². The molecule has 0 spiro atoms. The Morgan fingerprint density at radius 3 is 1.59 bits per heavy atom. The smallest absolute Gasteiger partial charge is 0.0991 e. The molecule has 0 aromatic heterocycles. The van der Waals surface area contributed by atoms with E-state index in [1.165, 1.54) is 108 Å². The highest BCUT2D eigenvalue weighted by atomic mass is 14.3.